The Kier molecular flexibility index (Phi) is 4.41. The van der Waals surface area contributed by atoms with E-state index in [1.165, 1.54) is 0 Å². The van der Waals surface area contributed by atoms with Crippen molar-refractivity contribution < 1.29 is 19.1 Å². The highest BCUT2D eigenvalue weighted by Crippen LogP contribution is 2.40. The molecule has 0 radical (unpaired) electrons. The summed E-state index contributed by atoms with van der Waals surface area (Å²) in [6.07, 6.45) is 0.342. The highest BCUT2D eigenvalue weighted by atomic mass is 16.5. The highest BCUT2D eigenvalue weighted by molar-refractivity contribution is 6.09. The second-order valence-electron chi connectivity index (χ2n) is 6.92. The first kappa shape index (κ1) is 17.3. The van der Waals surface area contributed by atoms with Crippen LogP contribution in [-0.2, 0) is 15.1 Å². The second-order valence-corrected chi connectivity index (χ2v) is 6.92. The summed E-state index contributed by atoms with van der Waals surface area (Å²) in [5.74, 6) is 0.102. The van der Waals surface area contributed by atoms with Gasteiger partial charge in [0.25, 0.3) is 5.91 Å². The fourth-order valence-corrected chi connectivity index (χ4v) is 3.13. The maximum absolute atomic E-state index is 13.0. The molecule has 2 heterocycles. The molecule has 7 heteroatoms. The Morgan fingerprint density at radius 3 is 2.76 bits per heavy atom. The molecule has 0 bridgehead atoms. The minimum Gasteiger partial charge on any atom is -0.493 e. The van der Waals surface area contributed by atoms with Crippen molar-refractivity contribution in [2.75, 3.05) is 13.2 Å². The maximum atomic E-state index is 13.0. The summed E-state index contributed by atoms with van der Waals surface area (Å²) in [5, 5.41) is 5.60. The third-order valence-corrected chi connectivity index (χ3v) is 4.95. The molecule has 2 atom stereocenters. The number of rotatable bonds is 4. The van der Waals surface area contributed by atoms with E-state index in [-0.39, 0.29) is 24.4 Å². The van der Waals surface area contributed by atoms with Crippen molar-refractivity contribution in [1.82, 2.24) is 15.5 Å². The topological polar surface area (TPSA) is 87.7 Å². The Morgan fingerprint density at radius 1 is 1.32 bits per heavy atom. The lowest BCUT2D eigenvalue weighted by Gasteiger charge is -2.33. The molecule has 1 aromatic rings. The molecule has 7 nitrogen and oxygen atoms in total. The number of benzene rings is 1. The van der Waals surface area contributed by atoms with Gasteiger partial charge in [0.05, 0.1) is 6.61 Å². The van der Waals surface area contributed by atoms with Gasteiger partial charge in [-0.1, -0.05) is 32.0 Å². The first-order valence-corrected chi connectivity index (χ1v) is 8.51. The zero-order chi connectivity index (χ0) is 18.2. The molecule has 4 amide bonds. The molecule has 0 aliphatic carbocycles. The zero-order valence-electron chi connectivity index (χ0n) is 14.7. The normalized spacial score (nSPS) is 23.3. The Hall–Kier alpha value is -2.57. The van der Waals surface area contributed by atoms with E-state index in [1.807, 2.05) is 26.8 Å². The van der Waals surface area contributed by atoms with Crippen LogP contribution in [0.25, 0.3) is 0 Å². The second kappa shape index (κ2) is 6.38. The van der Waals surface area contributed by atoms with Gasteiger partial charge in [-0.05, 0) is 18.9 Å². The molecule has 1 fully saturated rings. The van der Waals surface area contributed by atoms with Gasteiger partial charge in [-0.15, -0.1) is 0 Å². The average molecular weight is 345 g/mol. The van der Waals surface area contributed by atoms with Gasteiger partial charge in [0.15, 0.2) is 5.54 Å². The zero-order valence-corrected chi connectivity index (χ0v) is 14.7. The van der Waals surface area contributed by atoms with E-state index in [4.69, 9.17) is 4.74 Å². The number of nitrogens with one attached hydrogen (secondary N) is 2. The predicted molar refractivity (Wildman–Crippen MR) is 90.9 cm³/mol. The third kappa shape index (κ3) is 2.94. The molecule has 0 saturated carbocycles. The van der Waals surface area contributed by atoms with Crippen LogP contribution in [0.15, 0.2) is 24.3 Å². The van der Waals surface area contributed by atoms with Crippen LogP contribution >= 0.6 is 0 Å². The van der Waals surface area contributed by atoms with Crippen molar-refractivity contribution in [3.8, 4) is 5.75 Å². The summed E-state index contributed by atoms with van der Waals surface area (Å²) in [6.45, 7) is 5.92. The molecule has 0 unspecified atom stereocenters. The van der Waals surface area contributed by atoms with Crippen LogP contribution in [0, 0.1) is 5.92 Å². The first-order valence-electron chi connectivity index (χ1n) is 8.51. The molecule has 2 aliphatic rings. The SMILES string of the molecule is CC(C)[C@@H](C)NC(=O)CN1C(=O)N[C@]2(CCOc3ccccc32)C1=O. The molecule has 3 rings (SSSR count). The van der Waals surface area contributed by atoms with E-state index in [0.717, 1.165) is 4.90 Å². The maximum Gasteiger partial charge on any atom is 0.325 e. The number of nitrogens with zero attached hydrogens (tertiary/aromatic N) is 1. The van der Waals surface area contributed by atoms with E-state index in [1.54, 1.807) is 18.2 Å². The number of hydrogen-bond acceptors (Lipinski definition) is 4. The van der Waals surface area contributed by atoms with Gasteiger partial charge in [0.2, 0.25) is 5.91 Å². The molecule has 0 aromatic heterocycles. The standard InChI is InChI=1S/C18H23N3O4/c1-11(2)12(3)19-15(22)10-21-16(23)18(20-17(21)24)8-9-25-14-7-5-4-6-13(14)18/h4-7,11-12H,8-10H2,1-3H3,(H,19,22)(H,20,24)/t12-,18+/m1/s1. The monoisotopic (exact) mass is 345 g/mol. The number of para-hydroxylation sites is 1. The summed E-state index contributed by atoms with van der Waals surface area (Å²) < 4.78 is 5.59. The number of fused-ring (bicyclic) bond motifs is 2. The largest absolute Gasteiger partial charge is 0.493 e. The fraction of sp³-hybridized carbons (Fsp3) is 0.500. The lowest BCUT2D eigenvalue weighted by atomic mass is 9.84. The smallest absolute Gasteiger partial charge is 0.325 e. The van der Waals surface area contributed by atoms with Gasteiger partial charge in [-0.25, -0.2) is 4.79 Å². The summed E-state index contributed by atoms with van der Waals surface area (Å²) in [6, 6.07) is 6.58. The van der Waals surface area contributed by atoms with Gasteiger partial charge in [0.1, 0.15) is 12.3 Å². The number of carbonyl (C=O) groups is 3. The molecule has 2 aliphatic heterocycles. The van der Waals surface area contributed by atoms with Crippen molar-refractivity contribution >= 4 is 17.8 Å². The molecule has 1 saturated heterocycles. The Balaban J connectivity index is 1.81. The van der Waals surface area contributed by atoms with Crippen LogP contribution in [0.2, 0.25) is 0 Å². The van der Waals surface area contributed by atoms with Crippen molar-refractivity contribution in [2.24, 2.45) is 5.92 Å². The van der Waals surface area contributed by atoms with E-state index < -0.39 is 17.5 Å². The van der Waals surface area contributed by atoms with Crippen LogP contribution in [0.4, 0.5) is 4.79 Å². The van der Waals surface area contributed by atoms with Crippen molar-refractivity contribution in [3.63, 3.8) is 0 Å². The number of hydrogen-bond donors (Lipinski definition) is 2. The Morgan fingerprint density at radius 2 is 2.04 bits per heavy atom. The van der Waals surface area contributed by atoms with E-state index in [0.29, 0.717) is 24.3 Å². The number of ether oxygens (including phenoxy) is 1. The summed E-state index contributed by atoms with van der Waals surface area (Å²) in [5.41, 5.74) is -0.506. The van der Waals surface area contributed by atoms with Crippen LogP contribution < -0.4 is 15.4 Å². The molecule has 2 N–H and O–H groups in total. The van der Waals surface area contributed by atoms with Gasteiger partial charge in [0, 0.05) is 18.0 Å². The number of urea groups is 1. The van der Waals surface area contributed by atoms with Crippen molar-refractivity contribution in [2.45, 2.75) is 38.8 Å². The first-order chi connectivity index (χ1) is 11.8. The number of carbonyl (C=O) groups excluding carboxylic acids is 3. The quantitative estimate of drug-likeness (QED) is 0.807. The Labute approximate surface area is 146 Å². The minimum atomic E-state index is -1.14. The van der Waals surface area contributed by atoms with Gasteiger partial charge < -0.3 is 15.4 Å². The summed E-state index contributed by atoms with van der Waals surface area (Å²) in [7, 11) is 0. The molecule has 25 heavy (non-hydrogen) atoms. The van der Waals surface area contributed by atoms with Crippen molar-refractivity contribution in [3.05, 3.63) is 29.8 Å². The van der Waals surface area contributed by atoms with Crippen LogP contribution in [0.3, 0.4) is 0 Å². The third-order valence-electron chi connectivity index (χ3n) is 4.95. The molecule has 134 valence electrons. The fourth-order valence-electron chi connectivity index (χ4n) is 3.13. The highest BCUT2D eigenvalue weighted by Gasteiger charge is 2.55. The number of imide groups is 1. The van der Waals surface area contributed by atoms with Crippen LogP contribution in [-0.4, -0.2) is 41.9 Å². The molecular formula is C18H23N3O4. The van der Waals surface area contributed by atoms with Gasteiger partial charge >= 0.3 is 6.03 Å². The van der Waals surface area contributed by atoms with E-state index in [9.17, 15) is 14.4 Å². The average Bonchev–Trinajstić information content (AvgIpc) is 2.80. The predicted octanol–water partition coefficient (Wildman–Crippen LogP) is 1.38. The van der Waals surface area contributed by atoms with Gasteiger partial charge in [-0.3, -0.25) is 14.5 Å². The Bertz CT molecular complexity index is 718. The van der Waals surface area contributed by atoms with Gasteiger partial charge in [-0.2, -0.15) is 0 Å². The molecule has 1 aromatic carbocycles. The van der Waals surface area contributed by atoms with Crippen LogP contribution in [0.5, 0.6) is 5.75 Å². The minimum absolute atomic E-state index is 0.0361. The van der Waals surface area contributed by atoms with Crippen LogP contribution in [0.1, 0.15) is 32.8 Å². The lowest BCUT2D eigenvalue weighted by molar-refractivity contribution is -0.136. The molecule has 1 spiro atoms. The summed E-state index contributed by atoms with van der Waals surface area (Å²) in [4.78, 5) is 38.6. The van der Waals surface area contributed by atoms with E-state index >= 15 is 0 Å². The molecular weight excluding hydrogens is 322 g/mol. The lowest BCUT2D eigenvalue weighted by Crippen LogP contribution is -2.48. The number of amides is 4. The van der Waals surface area contributed by atoms with E-state index in [2.05, 4.69) is 10.6 Å². The summed E-state index contributed by atoms with van der Waals surface area (Å²) >= 11 is 0. The van der Waals surface area contributed by atoms with Crippen molar-refractivity contribution in [1.29, 1.82) is 0 Å².